The Hall–Kier alpha value is -2.93. The molecule has 1 unspecified atom stereocenters. The average Bonchev–Trinajstić information content (AvgIpc) is 2.73. The smallest absolute Gasteiger partial charge is 0.244 e. The van der Waals surface area contributed by atoms with Gasteiger partial charge in [0, 0.05) is 19.4 Å². The number of hydrogen-bond donors (Lipinski definition) is 0. The fourth-order valence-corrected chi connectivity index (χ4v) is 4.49. The zero-order chi connectivity index (χ0) is 21.4. The standard InChI is InChI=1S/C23H25NO4S/c1-6-8-15-24(29(25,26)21-12-9-18(3)10-13-21)20(7-2)16-19-11-14-22(27-4)23(17-19)28-5/h1-2,9-14,17,20H,8,15-16H2,3-5H3. The highest BCUT2D eigenvalue weighted by Gasteiger charge is 2.30. The molecule has 0 saturated heterocycles. The van der Waals surface area contributed by atoms with Gasteiger partial charge in [0.25, 0.3) is 0 Å². The Bertz CT molecular complexity index is 1010. The van der Waals surface area contributed by atoms with E-state index >= 15 is 0 Å². The van der Waals surface area contributed by atoms with Gasteiger partial charge in [0.2, 0.25) is 10.0 Å². The highest BCUT2D eigenvalue weighted by atomic mass is 32.2. The average molecular weight is 412 g/mol. The van der Waals surface area contributed by atoms with Crippen LogP contribution in [-0.2, 0) is 16.4 Å². The van der Waals surface area contributed by atoms with Crippen molar-refractivity contribution in [1.82, 2.24) is 4.31 Å². The highest BCUT2D eigenvalue weighted by Crippen LogP contribution is 2.29. The van der Waals surface area contributed by atoms with Crippen LogP contribution in [0.25, 0.3) is 0 Å². The van der Waals surface area contributed by atoms with Gasteiger partial charge in [0.05, 0.1) is 25.2 Å². The lowest BCUT2D eigenvalue weighted by Gasteiger charge is -2.27. The molecule has 0 saturated carbocycles. The Kier molecular flexibility index (Phi) is 7.73. The van der Waals surface area contributed by atoms with Gasteiger partial charge in [-0.05, 0) is 36.8 Å². The molecule has 2 aromatic carbocycles. The van der Waals surface area contributed by atoms with Crippen molar-refractivity contribution >= 4 is 10.0 Å². The zero-order valence-electron chi connectivity index (χ0n) is 16.9. The van der Waals surface area contributed by atoms with E-state index in [9.17, 15) is 8.42 Å². The summed E-state index contributed by atoms with van der Waals surface area (Å²) < 4.78 is 38.4. The molecule has 29 heavy (non-hydrogen) atoms. The third kappa shape index (κ3) is 5.32. The van der Waals surface area contributed by atoms with Crippen LogP contribution >= 0.6 is 0 Å². The Morgan fingerprint density at radius 2 is 1.69 bits per heavy atom. The molecule has 152 valence electrons. The highest BCUT2D eigenvalue weighted by molar-refractivity contribution is 7.89. The van der Waals surface area contributed by atoms with E-state index in [0.717, 1.165) is 11.1 Å². The van der Waals surface area contributed by atoms with Crippen molar-refractivity contribution in [3.05, 3.63) is 53.6 Å². The van der Waals surface area contributed by atoms with Crippen LogP contribution in [-0.4, -0.2) is 39.5 Å². The number of hydrogen-bond acceptors (Lipinski definition) is 4. The van der Waals surface area contributed by atoms with Gasteiger partial charge in [-0.2, -0.15) is 4.31 Å². The van der Waals surface area contributed by atoms with Crippen LogP contribution in [0.3, 0.4) is 0 Å². The minimum atomic E-state index is -3.81. The molecule has 0 aromatic heterocycles. The first-order valence-electron chi connectivity index (χ1n) is 9.06. The van der Waals surface area contributed by atoms with E-state index in [4.69, 9.17) is 22.3 Å². The Morgan fingerprint density at radius 1 is 1.03 bits per heavy atom. The molecule has 6 heteroatoms. The zero-order valence-corrected chi connectivity index (χ0v) is 17.7. The van der Waals surface area contributed by atoms with Crippen LogP contribution in [0, 0.1) is 31.6 Å². The number of sulfonamides is 1. The molecule has 1 atom stereocenters. The van der Waals surface area contributed by atoms with E-state index in [2.05, 4.69) is 11.8 Å². The van der Waals surface area contributed by atoms with Gasteiger partial charge in [-0.1, -0.05) is 29.7 Å². The molecule has 0 N–H and O–H groups in total. The third-order valence-electron chi connectivity index (χ3n) is 4.52. The summed E-state index contributed by atoms with van der Waals surface area (Å²) in [4.78, 5) is 0.188. The van der Waals surface area contributed by atoms with Crippen LogP contribution in [0.2, 0.25) is 0 Å². The minimum absolute atomic E-state index is 0.134. The summed E-state index contributed by atoms with van der Waals surface area (Å²) in [5.74, 6) is 6.26. The number of methoxy groups -OCH3 is 2. The van der Waals surface area contributed by atoms with Crippen molar-refractivity contribution in [3.8, 4) is 36.2 Å². The summed E-state index contributed by atoms with van der Waals surface area (Å²) in [6, 6.07) is 11.4. The summed E-state index contributed by atoms with van der Waals surface area (Å²) in [5, 5.41) is 0. The van der Waals surface area contributed by atoms with Gasteiger partial charge >= 0.3 is 0 Å². The van der Waals surface area contributed by atoms with Crippen LogP contribution < -0.4 is 9.47 Å². The van der Waals surface area contributed by atoms with Crippen molar-refractivity contribution in [1.29, 1.82) is 0 Å². The van der Waals surface area contributed by atoms with Gasteiger partial charge in [-0.3, -0.25) is 0 Å². The lowest BCUT2D eigenvalue weighted by Crippen LogP contribution is -2.41. The second-order valence-electron chi connectivity index (χ2n) is 6.46. The molecule has 0 aliphatic heterocycles. The molecule has 0 radical (unpaired) electrons. The lowest BCUT2D eigenvalue weighted by molar-refractivity contribution is 0.352. The number of terminal acetylenes is 2. The summed E-state index contributed by atoms with van der Waals surface area (Å²) in [6.07, 6.45) is 11.7. The molecule has 0 aliphatic carbocycles. The second-order valence-corrected chi connectivity index (χ2v) is 8.35. The SMILES string of the molecule is C#CCCN(C(C#C)Cc1ccc(OC)c(OC)c1)S(=O)(=O)c1ccc(C)cc1. The fraction of sp³-hybridized carbons (Fsp3) is 0.304. The van der Waals surface area contributed by atoms with Crippen molar-refractivity contribution in [3.63, 3.8) is 0 Å². The van der Waals surface area contributed by atoms with Crippen LogP contribution in [0.15, 0.2) is 47.4 Å². The minimum Gasteiger partial charge on any atom is -0.493 e. The maximum atomic E-state index is 13.3. The normalized spacial score (nSPS) is 12.1. The van der Waals surface area contributed by atoms with Gasteiger partial charge < -0.3 is 9.47 Å². The number of aryl methyl sites for hydroxylation is 1. The Balaban J connectivity index is 2.40. The van der Waals surface area contributed by atoms with Gasteiger partial charge in [-0.15, -0.1) is 18.8 Å². The van der Waals surface area contributed by atoms with E-state index in [1.165, 1.54) is 4.31 Å². The Morgan fingerprint density at radius 3 is 2.24 bits per heavy atom. The van der Waals surface area contributed by atoms with Crippen molar-refractivity contribution in [2.75, 3.05) is 20.8 Å². The third-order valence-corrected chi connectivity index (χ3v) is 6.44. The summed E-state index contributed by atoms with van der Waals surface area (Å²) in [6.45, 7) is 2.03. The molecule has 0 fully saturated rings. The molecule has 0 amide bonds. The van der Waals surface area contributed by atoms with E-state index < -0.39 is 16.1 Å². The molecule has 0 heterocycles. The van der Waals surface area contributed by atoms with Crippen molar-refractivity contribution in [2.45, 2.75) is 30.7 Å². The van der Waals surface area contributed by atoms with E-state index in [1.807, 2.05) is 13.0 Å². The van der Waals surface area contributed by atoms with Crippen LogP contribution in [0.1, 0.15) is 17.5 Å². The fourth-order valence-electron chi connectivity index (χ4n) is 2.94. The first-order chi connectivity index (χ1) is 13.9. The van der Waals surface area contributed by atoms with E-state index in [0.29, 0.717) is 17.9 Å². The maximum Gasteiger partial charge on any atom is 0.244 e. The molecular weight excluding hydrogens is 386 g/mol. The molecule has 0 aliphatic rings. The quantitative estimate of drug-likeness (QED) is 0.595. The number of ether oxygens (including phenoxy) is 2. The predicted octanol–water partition coefficient (Wildman–Crippen LogP) is 3.27. The molecule has 0 spiro atoms. The molecule has 5 nitrogen and oxygen atoms in total. The summed E-state index contributed by atoms with van der Waals surface area (Å²) in [7, 11) is -0.715. The van der Waals surface area contributed by atoms with Crippen LogP contribution in [0.5, 0.6) is 11.5 Å². The summed E-state index contributed by atoms with van der Waals surface area (Å²) >= 11 is 0. The first kappa shape index (κ1) is 22.4. The first-order valence-corrected chi connectivity index (χ1v) is 10.5. The largest absolute Gasteiger partial charge is 0.493 e. The topological polar surface area (TPSA) is 55.8 Å². The molecule has 2 aromatic rings. The molecule has 0 bridgehead atoms. The maximum absolute atomic E-state index is 13.3. The van der Waals surface area contributed by atoms with Gasteiger partial charge in [-0.25, -0.2) is 8.42 Å². The van der Waals surface area contributed by atoms with Gasteiger partial charge in [0.1, 0.15) is 0 Å². The summed E-state index contributed by atoms with van der Waals surface area (Å²) in [5.41, 5.74) is 1.80. The van der Waals surface area contributed by atoms with E-state index in [1.54, 1.807) is 50.6 Å². The van der Waals surface area contributed by atoms with E-state index in [-0.39, 0.29) is 17.9 Å². The Labute approximate surface area is 173 Å². The van der Waals surface area contributed by atoms with Crippen LogP contribution in [0.4, 0.5) is 0 Å². The van der Waals surface area contributed by atoms with Gasteiger partial charge in [0.15, 0.2) is 11.5 Å². The molecule has 2 rings (SSSR count). The molecular formula is C23H25NO4S. The lowest BCUT2D eigenvalue weighted by atomic mass is 10.1. The number of nitrogens with zero attached hydrogens (tertiary/aromatic N) is 1. The number of rotatable bonds is 9. The number of benzene rings is 2. The second kappa shape index (κ2) is 10.0. The monoisotopic (exact) mass is 411 g/mol. The van der Waals surface area contributed by atoms with Crippen molar-refractivity contribution in [2.24, 2.45) is 0 Å². The predicted molar refractivity (Wildman–Crippen MR) is 114 cm³/mol. The van der Waals surface area contributed by atoms with Crippen molar-refractivity contribution < 1.29 is 17.9 Å².